The molecule has 3 N–H and O–H groups in total. The van der Waals surface area contributed by atoms with Crippen molar-refractivity contribution in [1.29, 1.82) is 0 Å². The molecule has 10 nitrogen and oxygen atoms in total. The van der Waals surface area contributed by atoms with Crippen LogP contribution in [-0.2, 0) is 11.2 Å². The van der Waals surface area contributed by atoms with Gasteiger partial charge in [0.2, 0.25) is 0 Å². The number of piperazine rings is 1. The number of rotatable bonds is 9. The Morgan fingerprint density at radius 1 is 1.00 bits per heavy atom. The predicted octanol–water partition coefficient (Wildman–Crippen LogP) is 5.33. The highest BCUT2D eigenvalue weighted by Gasteiger charge is 2.31. The molecule has 1 saturated carbocycles. The number of ether oxygens (including phenoxy) is 1. The van der Waals surface area contributed by atoms with Crippen LogP contribution in [0.2, 0.25) is 5.02 Å². The molecule has 2 aromatic carbocycles. The fourth-order valence-electron chi connectivity index (χ4n) is 7.02. The summed E-state index contributed by atoms with van der Waals surface area (Å²) < 4.78 is 7.35. The number of nitrogen functional groups attached to an aromatic ring is 1. The van der Waals surface area contributed by atoms with Crippen LogP contribution in [0.4, 0.5) is 5.82 Å². The van der Waals surface area contributed by atoms with Gasteiger partial charge in [-0.1, -0.05) is 35.9 Å². The highest BCUT2D eigenvalue weighted by atomic mass is 35.5. The molecule has 0 unspecified atom stereocenters. The molecule has 1 aliphatic carbocycles. The minimum atomic E-state index is 0.283. The van der Waals surface area contributed by atoms with Gasteiger partial charge in [0, 0.05) is 69.5 Å². The molecular weight excluding hydrogens is 574 g/mol. The molecule has 0 radical (unpaired) electrons. The molecule has 0 spiro atoms. The van der Waals surface area contributed by atoms with Gasteiger partial charge in [0.05, 0.1) is 22.5 Å². The normalized spacial score (nSPS) is 20.1. The van der Waals surface area contributed by atoms with E-state index in [1.165, 1.54) is 12.8 Å². The van der Waals surface area contributed by atoms with Gasteiger partial charge in [0.15, 0.2) is 5.65 Å². The molecule has 0 amide bonds. The maximum Gasteiger partial charge on any atom is 0.164 e. The van der Waals surface area contributed by atoms with E-state index in [1.54, 1.807) is 13.4 Å². The molecule has 2 aliphatic rings. The molecule has 2 fully saturated rings. The average molecular weight is 614 g/mol. The third-order valence-electron chi connectivity index (χ3n) is 9.40. The minimum absolute atomic E-state index is 0.283. The summed E-state index contributed by atoms with van der Waals surface area (Å²) in [6.07, 6.45) is 7.77. The number of hydrogen-bond donors (Lipinski definition) is 2. The van der Waals surface area contributed by atoms with E-state index >= 15 is 0 Å². The maximum absolute atomic E-state index is 6.47. The van der Waals surface area contributed by atoms with Crippen molar-refractivity contribution in [2.75, 3.05) is 52.2 Å². The smallest absolute Gasteiger partial charge is 0.164 e. The Balaban J connectivity index is 1.08. The molecule has 44 heavy (non-hydrogen) atoms. The molecular formula is C33H40ClN9O. The standard InChI is InChI=1S/C33H40ClN9O/c1-44-18-4-13-41-14-16-42(17-15-41)24-8-10-25(11-9-24)43-33-30(32(35)36-21-37-33)31(40-43)23-7-12-27-28(19-23)39-29(38-27)20-22-5-2-3-6-26(22)34/h2-3,5-7,12,19,21,24-25H,4,8-11,13-18,20H2,1H3,(H,38,39)(H2,35,36,37)/t24-,25-. The maximum atomic E-state index is 6.47. The molecule has 7 rings (SSSR count). The van der Waals surface area contributed by atoms with E-state index in [2.05, 4.69) is 41.6 Å². The molecule has 5 aromatic rings. The van der Waals surface area contributed by atoms with Gasteiger partial charge in [0.25, 0.3) is 0 Å². The zero-order valence-electron chi connectivity index (χ0n) is 25.3. The first-order valence-electron chi connectivity index (χ1n) is 15.7. The van der Waals surface area contributed by atoms with Gasteiger partial charge >= 0.3 is 0 Å². The Morgan fingerprint density at radius 3 is 2.59 bits per heavy atom. The Hall–Kier alpha value is -3.57. The van der Waals surface area contributed by atoms with Crippen molar-refractivity contribution in [2.45, 2.75) is 50.6 Å². The van der Waals surface area contributed by atoms with Crippen molar-refractivity contribution in [2.24, 2.45) is 0 Å². The van der Waals surface area contributed by atoms with E-state index in [0.717, 1.165) is 108 Å². The molecule has 4 heterocycles. The Labute approximate surface area is 262 Å². The first-order chi connectivity index (χ1) is 21.6. The number of anilines is 1. The van der Waals surface area contributed by atoms with Crippen LogP contribution in [-0.4, -0.2) is 92.0 Å². The number of methoxy groups -OCH3 is 1. The number of nitrogens with one attached hydrogen (secondary N) is 1. The molecule has 230 valence electrons. The lowest BCUT2D eigenvalue weighted by Crippen LogP contribution is -2.51. The van der Waals surface area contributed by atoms with Crippen molar-refractivity contribution in [3.05, 3.63) is 65.2 Å². The van der Waals surface area contributed by atoms with Gasteiger partial charge < -0.3 is 20.4 Å². The first-order valence-corrected chi connectivity index (χ1v) is 16.1. The number of imidazole rings is 1. The average Bonchev–Trinajstić information content (AvgIpc) is 3.64. The Kier molecular flexibility index (Phi) is 8.49. The summed E-state index contributed by atoms with van der Waals surface area (Å²) in [6, 6.07) is 15.0. The number of aromatic nitrogens is 6. The van der Waals surface area contributed by atoms with Crippen LogP contribution in [0.3, 0.4) is 0 Å². The number of halogens is 1. The second-order valence-electron chi connectivity index (χ2n) is 12.1. The summed E-state index contributed by atoms with van der Waals surface area (Å²) >= 11 is 6.40. The second kappa shape index (κ2) is 12.8. The molecule has 0 bridgehead atoms. The van der Waals surface area contributed by atoms with Gasteiger partial charge in [-0.3, -0.25) is 4.90 Å². The van der Waals surface area contributed by atoms with Crippen LogP contribution in [0.15, 0.2) is 48.8 Å². The van der Waals surface area contributed by atoms with E-state index in [-0.39, 0.29) is 6.04 Å². The lowest BCUT2D eigenvalue weighted by Gasteiger charge is -2.42. The lowest BCUT2D eigenvalue weighted by molar-refractivity contribution is 0.0662. The van der Waals surface area contributed by atoms with E-state index < -0.39 is 0 Å². The van der Waals surface area contributed by atoms with Gasteiger partial charge in [-0.15, -0.1) is 0 Å². The quantitative estimate of drug-likeness (QED) is 0.214. The number of hydrogen-bond acceptors (Lipinski definition) is 8. The van der Waals surface area contributed by atoms with Crippen LogP contribution in [0.25, 0.3) is 33.3 Å². The van der Waals surface area contributed by atoms with Crippen LogP contribution >= 0.6 is 11.6 Å². The lowest BCUT2D eigenvalue weighted by atomic mass is 9.90. The van der Waals surface area contributed by atoms with Crippen LogP contribution in [0.1, 0.15) is 49.5 Å². The number of aromatic amines is 1. The van der Waals surface area contributed by atoms with Gasteiger partial charge in [-0.2, -0.15) is 5.10 Å². The summed E-state index contributed by atoms with van der Waals surface area (Å²) in [5, 5.41) is 6.73. The molecule has 1 aliphatic heterocycles. The van der Waals surface area contributed by atoms with Crippen molar-refractivity contribution in [1.82, 2.24) is 39.5 Å². The third kappa shape index (κ3) is 5.91. The molecule has 1 saturated heterocycles. The van der Waals surface area contributed by atoms with Gasteiger partial charge in [-0.25, -0.2) is 19.6 Å². The number of H-pyrrole nitrogens is 1. The van der Waals surface area contributed by atoms with Crippen molar-refractivity contribution in [3.63, 3.8) is 0 Å². The molecule has 0 atom stereocenters. The van der Waals surface area contributed by atoms with Crippen LogP contribution in [0.5, 0.6) is 0 Å². The molecule has 11 heteroatoms. The van der Waals surface area contributed by atoms with E-state index in [9.17, 15) is 0 Å². The summed E-state index contributed by atoms with van der Waals surface area (Å²) in [4.78, 5) is 22.6. The summed E-state index contributed by atoms with van der Waals surface area (Å²) in [5.74, 6) is 1.32. The van der Waals surface area contributed by atoms with Crippen molar-refractivity contribution >= 4 is 39.5 Å². The highest BCUT2D eigenvalue weighted by molar-refractivity contribution is 6.31. The van der Waals surface area contributed by atoms with Gasteiger partial charge in [-0.05, 0) is 55.9 Å². The monoisotopic (exact) mass is 613 g/mol. The van der Waals surface area contributed by atoms with Crippen LogP contribution in [0, 0.1) is 0 Å². The largest absolute Gasteiger partial charge is 0.385 e. The van der Waals surface area contributed by atoms with Crippen molar-refractivity contribution in [3.8, 4) is 11.3 Å². The first kappa shape index (κ1) is 29.2. The zero-order valence-corrected chi connectivity index (χ0v) is 26.0. The zero-order chi connectivity index (χ0) is 30.0. The topological polar surface area (TPSA) is 114 Å². The summed E-state index contributed by atoms with van der Waals surface area (Å²) in [5.41, 5.74) is 11.9. The Morgan fingerprint density at radius 2 is 1.80 bits per heavy atom. The minimum Gasteiger partial charge on any atom is -0.385 e. The number of benzene rings is 2. The van der Waals surface area contributed by atoms with E-state index in [0.29, 0.717) is 18.3 Å². The van der Waals surface area contributed by atoms with Crippen LogP contribution < -0.4 is 5.73 Å². The van der Waals surface area contributed by atoms with Gasteiger partial charge in [0.1, 0.15) is 23.7 Å². The number of nitrogens with zero attached hydrogens (tertiary/aromatic N) is 7. The number of nitrogens with two attached hydrogens (primary N) is 1. The Bertz CT molecular complexity index is 1730. The van der Waals surface area contributed by atoms with Crippen molar-refractivity contribution < 1.29 is 4.74 Å². The highest BCUT2D eigenvalue weighted by Crippen LogP contribution is 2.37. The van der Waals surface area contributed by atoms with E-state index in [1.807, 2.05) is 30.3 Å². The summed E-state index contributed by atoms with van der Waals surface area (Å²) in [6.45, 7) is 6.57. The fourth-order valence-corrected chi connectivity index (χ4v) is 7.22. The number of fused-ring (bicyclic) bond motifs is 2. The summed E-state index contributed by atoms with van der Waals surface area (Å²) in [7, 11) is 1.78. The predicted molar refractivity (Wildman–Crippen MR) is 175 cm³/mol. The third-order valence-corrected chi connectivity index (χ3v) is 9.77. The fraction of sp³-hybridized carbons (Fsp3) is 0.455. The second-order valence-corrected chi connectivity index (χ2v) is 12.5. The van der Waals surface area contributed by atoms with E-state index in [4.69, 9.17) is 32.2 Å². The SMILES string of the molecule is COCCCN1CCN([C@H]2CC[C@H](n3nc(-c4ccc5nc(Cc6ccccc6Cl)[nH]c5c4)c4c(N)ncnc43)CC2)CC1. The molecule has 3 aromatic heterocycles.